The van der Waals surface area contributed by atoms with Gasteiger partial charge in [0.05, 0.1) is 5.56 Å². The van der Waals surface area contributed by atoms with Crippen LogP contribution in [0.5, 0.6) is 0 Å². The first-order valence-corrected chi connectivity index (χ1v) is 9.76. The molecule has 0 bridgehead atoms. The molecule has 1 aromatic rings. The number of allylic oxidation sites excluding steroid dienone is 2. The van der Waals surface area contributed by atoms with E-state index in [0.717, 1.165) is 38.1 Å². The summed E-state index contributed by atoms with van der Waals surface area (Å²) in [7, 11) is 0. The van der Waals surface area contributed by atoms with Crippen LogP contribution in [-0.2, 0) is 10.9 Å². The zero-order valence-corrected chi connectivity index (χ0v) is 17.8. The summed E-state index contributed by atoms with van der Waals surface area (Å²) in [4.78, 5) is 13.6. The lowest BCUT2D eigenvalue weighted by atomic mass is 9.97. The summed E-state index contributed by atoms with van der Waals surface area (Å²) in [6.07, 6.45) is 2.03. The van der Waals surface area contributed by atoms with Crippen LogP contribution >= 0.6 is 0 Å². The summed E-state index contributed by atoms with van der Waals surface area (Å²) >= 11 is 0. The number of rotatable bonds is 1. The Balaban J connectivity index is 0.000000520. The molecule has 1 heterocycles. The van der Waals surface area contributed by atoms with Crippen molar-refractivity contribution >= 4 is 6.09 Å². The number of alkyl halides is 3. The van der Waals surface area contributed by atoms with Gasteiger partial charge in [0.1, 0.15) is 5.60 Å². The van der Waals surface area contributed by atoms with E-state index in [0.29, 0.717) is 5.92 Å². The third-order valence-electron chi connectivity index (χ3n) is 3.76. The molecule has 6 heteroatoms. The smallest absolute Gasteiger partial charge is 0.416 e. The topological polar surface area (TPSA) is 29.5 Å². The largest absolute Gasteiger partial charge is 0.444 e. The standard InChI is InChI=1S/C13H23NO2.C7H5F3.C2H6/c1-5-6-11-7-9-14(10-8-11)12(15)16-13(2,3)4;8-7(9,10)6-4-2-1-3-5-6;1-2/h5-6,11H,7-10H2,1-4H3;1-5H;1-2H3/b6-5+;;. The van der Waals surface area contributed by atoms with Gasteiger partial charge in [0.2, 0.25) is 0 Å². The SMILES string of the molecule is C/C=C/C1CCN(C(=O)OC(C)(C)C)CC1.CC.FC(F)(F)c1ccccc1. The molecule has 0 atom stereocenters. The molecule has 1 aromatic carbocycles. The molecule has 0 unspecified atom stereocenters. The van der Waals surface area contributed by atoms with Crippen molar-refractivity contribution in [1.82, 2.24) is 4.90 Å². The van der Waals surface area contributed by atoms with Gasteiger partial charge >= 0.3 is 12.3 Å². The summed E-state index contributed by atoms with van der Waals surface area (Å²) in [6, 6.07) is 6.36. The lowest BCUT2D eigenvalue weighted by Gasteiger charge is -2.32. The van der Waals surface area contributed by atoms with Crippen molar-refractivity contribution in [3.63, 3.8) is 0 Å². The van der Waals surface area contributed by atoms with Gasteiger partial charge in [0, 0.05) is 13.1 Å². The van der Waals surface area contributed by atoms with Crippen molar-refractivity contribution in [2.24, 2.45) is 5.92 Å². The van der Waals surface area contributed by atoms with E-state index in [1.807, 2.05) is 46.4 Å². The van der Waals surface area contributed by atoms with Crippen molar-refractivity contribution in [2.75, 3.05) is 13.1 Å². The Morgan fingerprint density at radius 2 is 1.57 bits per heavy atom. The van der Waals surface area contributed by atoms with Gasteiger partial charge in [-0.2, -0.15) is 13.2 Å². The van der Waals surface area contributed by atoms with Gasteiger partial charge in [-0.3, -0.25) is 0 Å². The molecule has 28 heavy (non-hydrogen) atoms. The Hall–Kier alpha value is -1.98. The number of carbonyl (C=O) groups excluding carboxylic acids is 1. The summed E-state index contributed by atoms with van der Waals surface area (Å²) in [5.74, 6) is 0.628. The molecule has 1 aliphatic heterocycles. The van der Waals surface area contributed by atoms with Crippen LogP contribution in [0.25, 0.3) is 0 Å². The Labute approximate surface area is 167 Å². The van der Waals surface area contributed by atoms with Gasteiger partial charge in [-0.05, 0) is 46.5 Å². The van der Waals surface area contributed by atoms with Crippen molar-refractivity contribution in [3.05, 3.63) is 48.0 Å². The van der Waals surface area contributed by atoms with E-state index >= 15 is 0 Å². The predicted octanol–water partition coefficient (Wildman–Crippen LogP) is 6.94. The molecule has 0 aromatic heterocycles. The van der Waals surface area contributed by atoms with Gasteiger partial charge < -0.3 is 9.64 Å². The number of nitrogens with zero attached hydrogens (tertiary/aromatic N) is 1. The number of likely N-dealkylation sites (tertiary alicyclic amines) is 1. The molecule has 0 radical (unpaired) electrons. The maximum Gasteiger partial charge on any atom is 0.416 e. The average Bonchev–Trinajstić information content (AvgIpc) is 2.63. The van der Waals surface area contributed by atoms with Crippen LogP contribution in [0.15, 0.2) is 42.5 Å². The molecular weight excluding hydrogens is 367 g/mol. The zero-order valence-electron chi connectivity index (χ0n) is 17.8. The minimum absolute atomic E-state index is 0.175. The van der Waals surface area contributed by atoms with E-state index in [-0.39, 0.29) is 6.09 Å². The van der Waals surface area contributed by atoms with E-state index in [1.165, 1.54) is 12.1 Å². The second-order valence-electron chi connectivity index (χ2n) is 7.19. The van der Waals surface area contributed by atoms with Crippen molar-refractivity contribution in [1.29, 1.82) is 0 Å². The first kappa shape index (κ1) is 26.0. The Morgan fingerprint density at radius 1 is 1.07 bits per heavy atom. The minimum Gasteiger partial charge on any atom is -0.444 e. The zero-order chi connectivity index (χ0) is 21.8. The van der Waals surface area contributed by atoms with Crippen LogP contribution in [0.4, 0.5) is 18.0 Å². The summed E-state index contributed by atoms with van der Waals surface area (Å²) < 4.78 is 40.7. The Bertz CT molecular complexity index is 570. The number of benzene rings is 1. The number of piperidine rings is 1. The summed E-state index contributed by atoms with van der Waals surface area (Å²) in [5, 5.41) is 0. The Morgan fingerprint density at radius 3 is 1.93 bits per heavy atom. The minimum atomic E-state index is -4.21. The molecule has 160 valence electrons. The van der Waals surface area contributed by atoms with E-state index in [2.05, 4.69) is 12.2 Å². The molecule has 1 fully saturated rings. The molecule has 1 amide bonds. The lowest BCUT2D eigenvalue weighted by Crippen LogP contribution is -2.41. The fraction of sp³-hybridized carbons (Fsp3) is 0.591. The number of halogens is 3. The number of amides is 1. The fourth-order valence-electron chi connectivity index (χ4n) is 2.50. The monoisotopic (exact) mass is 401 g/mol. The van der Waals surface area contributed by atoms with Gasteiger partial charge in [-0.1, -0.05) is 56.3 Å². The van der Waals surface area contributed by atoms with Crippen molar-refractivity contribution in [3.8, 4) is 0 Å². The van der Waals surface area contributed by atoms with Crippen LogP contribution < -0.4 is 0 Å². The van der Waals surface area contributed by atoms with Gasteiger partial charge in [-0.25, -0.2) is 4.79 Å². The average molecular weight is 402 g/mol. The molecule has 2 rings (SSSR count). The molecular formula is C22H34F3NO2. The molecule has 1 saturated heterocycles. The van der Waals surface area contributed by atoms with Crippen molar-refractivity contribution in [2.45, 2.75) is 66.2 Å². The maximum atomic E-state index is 11.8. The third-order valence-corrected chi connectivity index (χ3v) is 3.76. The van der Waals surface area contributed by atoms with E-state index < -0.39 is 17.3 Å². The number of ether oxygens (including phenoxy) is 1. The molecule has 0 spiro atoms. The molecule has 3 nitrogen and oxygen atoms in total. The fourth-order valence-corrected chi connectivity index (χ4v) is 2.50. The first-order chi connectivity index (χ1) is 13.0. The third kappa shape index (κ3) is 11.0. The van der Waals surface area contributed by atoms with Crippen LogP contribution in [0, 0.1) is 5.92 Å². The van der Waals surface area contributed by atoms with E-state index in [4.69, 9.17) is 4.74 Å². The van der Waals surface area contributed by atoms with Crippen LogP contribution in [0.1, 0.15) is 59.9 Å². The number of carbonyl (C=O) groups is 1. The highest BCUT2D eigenvalue weighted by molar-refractivity contribution is 5.68. The van der Waals surface area contributed by atoms with Gasteiger partial charge in [0.15, 0.2) is 0 Å². The normalized spacial score (nSPS) is 15.2. The summed E-state index contributed by atoms with van der Waals surface area (Å²) in [6.45, 7) is 13.4. The molecule has 0 saturated carbocycles. The highest BCUT2D eigenvalue weighted by Crippen LogP contribution is 2.28. The molecule has 1 aliphatic rings. The highest BCUT2D eigenvalue weighted by Gasteiger charge is 2.29. The second-order valence-corrected chi connectivity index (χ2v) is 7.19. The lowest BCUT2D eigenvalue weighted by molar-refractivity contribution is -0.137. The second kappa shape index (κ2) is 12.5. The van der Waals surface area contributed by atoms with Crippen LogP contribution in [-0.4, -0.2) is 29.7 Å². The van der Waals surface area contributed by atoms with E-state index in [9.17, 15) is 18.0 Å². The van der Waals surface area contributed by atoms with Crippen molar-refractivity contribution < 1.29 is 22.7 Å². The maximum absolute atomic E-state index is 11.8. The van der Waals surface area contributed by atoms with Crippen LogP contribution in [0.3, 0.4) is 0 Å². The first-order valence-electron chi connectivity index (χ1n) is 9.76. The van der Waals surface area contributed by atoms with Gasteiger partial charge in [0.25, 0.3) is 0 Å². The highest BCUT2D eigenvalue weighted by atomic mass is 19.4. The molecule has 0 N–H and O–H groups in total. The van der Waals surface area contributed by atoms with E-state index in [1.54, 1.807) is 6.07 Å². The Kier molecular flexibility index (Phi) is 11.6. The predicted molar refractivity (Wildman–Crippen MR) is 108 cm³/mol. The number of hydrogen-bond donors (Lipinski definition) is 0. The molecule has 0 aliphatic carbocycles. The number of hydrogen-bond acceptors (Lipinski definition) is 2. The van der Waals surface area contributed by atoms with Crippen LogP contribution in [0.2, 0.25) is 0 Å². The summed E-state index contributed by atoms with van der Waals surface area (Å²) in [5.41, 5.74) is -0.993. The van der Waals surface area contributed by atoms with Gasteiger partial charge in [-0.15, -0.1) is 0 Å². The quantitative estimate of drug-likeness (QED) is 0.477.